The molecule has 2 aliphatic heterocycles. The van der Waals surface area contributed by atoms with Crippen LogP contribution < -0.4 is 10.5 Å². The van der Waals surface area contributed by atoms with Crippen molar-refractivity contribution < 1.29 is 14.3 Å². The molecule has 2 saturated heterocycles. The zero-order valence-electron chi connectivity index (χ0n) is 22.7. The molecule has 0 bridgehead atoms. The molecule has 8 nitrogen and oxygen atoms in total. The molecule has 40 heavy (non-hydrogen) atoms. The minimum absolute atomic E-state index is 0.0361. The van der Waals surface area contributed by atoms with Gasteiger partial charge in [-0.3, -0.25) is 23.9 Å². The van der Waals surface area contributed by atoms with Crippen LogP contribution in [0.2, 0.25) is 5.02 Å². The Labute approximate surface area is 248 Å². The summed E-state index contributed by atoms with van der Waals surface area (Å²) in [6, 6.07) is 9.37. The van der Waals surface area contributed by atoms with Crippen LogP contribution in [0.25, 0.3) is 6.08 Å². The number of rotatable bonds is 8. The van der Waals surface area contributed by atoms with Gasteiger partial charge < -0.3 is 9.64 Å². The molecule has 0 saturated carbocycles. The topological polar surface area (TPSA) is 95.6 Å². The van der Waals surface area contributed by atoms with Crippen LogP contribution >= 0.6 is 35.6 Å². The van der Waals surface area contributed by atoms with Gasteiger partial charge in [0.1, 0.15) is 21.8 Å². The van der Waals surface area contributed by atoms with Crippen LogP contribution in [-0.2, 0) is 27.4 Å². The zero-order chi connectivity index (χ0) is 29.0. The minimum atomic E-state index is -0.376. The fourth-order valence-electron chi connectivity index (χ4n) is 5.10. The summed E-state index contributed by atoms with van der Waals surface area (Å²) >= 11 is 13.1. The number of carbonyl (C=O) groups excluding carboxylic acids is 2. The first-order valence-corrected chi connectivity index (χ1v) is 14.9. The normalized spacial score (nSPS) is 18.4. The zero-order valence-corrected chi connectivity index (χ0v) is 25.1. The molecule has 4 rings (SSSR count). The molecular formula is C29H31ClN4O4S2. The Bertz CT molecular complexity index is 1480. The van der Waals surface area contributed by atoms with Crippen molar-refractivity contribution in [1.29, 1.82) is 5.26 Å². The molecule has 1 atom stereocenters. The Morgan fingerprint density at radius 3 is 2.73 bits per heavy atom. The maximum Gasteiger partial charge on any atom is 0.310 e. The van der Waals surface area contributed by atoms with Gasteiger partial charge in [0.05, 0.1) is 24.0 Å². The number of aromatic nitrogens is 1. The number of amides is 1. The highest BCUT2D eigenvalue weighted by Crippen LogP contribution is 2.38. The first-order chi connectivity index (χ1) is 19.2. The molecule has 0 radical (unpaired) electrons. The van der Waals surface area contributed by atoms with E-state index in [0.29, 0.717) is 70.3 Å². The van der Waals surface area contributed by atoms with Crippen molar-refractivity contribution in [2.45, 2.75) is 53.1 Å². The summed E-state index contributed by atoms with van der Waals surface area (Å²) in [7, 11) is 0. The summed E-state index contributed by atoms with van der Waals surface area (Å²) in [5.41, 5.74) is 1.53. The van der Waals surface area contributed by atoms with Crippen molar-refractivity contribution in [3.05, 3.63) is 66.8 Å². The lowest BCUT2D eigenvalue weighted by Crippen LogP contribution is -2.43. The fraction of sp³-hybridized carbons (Fsp3) is 0.414. The van der Waals surface area contributed by atoms with Crippen molar-refractivity contribution in [3.63, 3.8) is 0 Å². The predicted molar refractivity (Wildman–Crippen MR) is 162 cm³/mol. The maximum atomic E-state index is 13.6. The molecule has 2 fully saturated rings. The number of esters is 1. The van der Waals surface area contributed by atoms with E-state index in [1.54, 1.807) is 30.6 Å². The number of carbonyl (C=O) groups is 2. The Hall–Kier alpha value is -3.13. The van der Waals surface area contributed by atoms with Gasteiger partial charge in [-0.15, -0.1) is 0 Å². The summed E-state index contributed by atoms with van der Waals surface area (Å²) < 4.78 is 7.30. The van der Waals surface area contributed by atoms with Crippen molar-refractivity contribution in [1.82, 2.24) is 9.47 Å². The fourth-order valence-corrected chi connectivity index (χ4v) is 6.53. The lowest BCUT2D eigenvalue weighted by Gasteiger charge is -2.36. The van der Waals surface area contributed by atoms with Crippen molar-refractivity contribution in [3.8, 4) is 6.07 Å². The van der Waals surface area contributed by atoms with Crippen molar-refractivity contribution in [2.75, 3.05) is 24.6 Å². The average Bonchev–Trinajstić information content (AvgIpc) is 3.20. The number of thiocarbonyl (C=S) groups is 1. The van der Waals surface area contributed by atoms with Crippen molar-refractivity contribution in [2.24, 2.45) is 5.92 Å². The van der Waals surface area contributed by atoms with Gasteiger partial charge in [0.15, 0.2) is 0 Å². The van der Waals surface area contributed by atoms with Gasteiger partial charge in [-0.2, -0.15) is 5.26 Å². The van der Waals surface area contributed by atoms with Gasteiger partial charge in [0.25, 0.3) is 11.5 Å². The summed E-state index contributed by atoms with van der Waals surface area (Å²) in [5.74, 6) is -0.260. The van der Waals surface area contributed by atoms with E-state index in [2.05, 4.69) is 6.07 Å². The lowest BCUT2D eigenvalue weighted by molar-refractivity contribution is -0.148. The van der Waals surface area contributed by atoms with E-state index >= 15 is 0 Å². The Balaban J connectivity index is 1.82. The summed E-state index contributed by atoms with van der Waals surface area (Å²) in [6.45, 7) is 7.38. The number of hydrogen-bond donors (Lipinski definition) is 0. The molecule has 1 amide bonds. The number of hydrogen-bond acceptors (Lipinski definition) is 8. The van der Waals surface area contributed by atoms with Crippen LogP contribution in [0.5, 0.6) is 0 Å². The Kier molecular flexibility index (Phi) is 9.72. The molecular weight excluding hydrogens is 568 g/mol. The standard InChI is InChI=1S/C29H31ClN4O4S2/c1-4-12-33-25(32-13-8-10-20(16-32)28(37)38-5-2)21(18(3)22(15-31)26(33)35)14-24-27(36)34(29(39)40-24)17-19-9-6-7-11-23(19)30/h6-7,9,11,14,20H,4-5,8,10,12-13,16-17H2,1-3H3. The molecule has 1 unspecified atom stereocenters. The molecule has 2 aromatic rings. The first-order valence-electron chi connectivity index (χ1n) is 13.3. The number of nitrogens with zero attached hydrogens (tertiary/aromatic N) is 4. The van der Waals surface area contributed by atoms with E-state index < -0.39 is 0 Å². The summed E-state index contributed by atoms with van der Waals surface area (Å²) in [4.78, 5) is 43.6. The Morgan fingerprint density at radius 1 is 1.30 bits per heavy atom. The highest BCUT2D eigenvalue weighted by molar-refractivity contribution is 8.26. The lowest BCUT2D eigenvalue weighted by atomic mass is 9.96. The number of thioether (sulfide) groups is 1. The van der Waals surface area contributed by atoms with Crippen LogP contribution in [0.4, 0.5) is 5.82 Å². The molecule has 2 aliphatic rings. The summed E-state index contributed by atoms with van der Waals surface area (Å²) in [5, 5.41) is 10.5. The summed E-state index contributed by atoms with van der Waals surface area (Å²) in [6.07, 6.45) is 3.83. The second-order valence-electron chi connectivity index (χ2n) is 9.70. The first kappa shape index (κ1) is 29.8. The van der Waals surface area contributed by atoms with Gasteiger partial charge in [0.2, 0.25) is 0 Å². The van der Waals surface area contributed by atoms with Gasteiger partial charge in [0, 0.05) is 30.2 Å². The third-order valence-electron chi connectivity index (χ3n) is 7.07. The predicted octanol–water partition coefficient (Wildman–Crippen LogP) is 5.27. The molecule has 1 aromatic heterocycles. The van der Waals surface area contributed by atoms with Crippen LogP contribution in [0.3, 0.4) is 0 Å². The number of pyridine rings is 1. The van der Waals surface area contributed by atoms with Crippen molar-refractivity contribution >= 4 is 63.7 Å². The quantitative estimate of drug-likeness (QED) is 0.230. The third kappa shape index (κ3) is 5.97. The van der Waals surface area contributed by atoms with E-state index in [1.807, 2.05) is 30.0 Å². The van der Waals surface area contributed by atoms with Crippen LogP contribution in [0.1, 0.15) is 55.4 Å². The second kappa shape index (κ2) is 13.0. The molecule has 1 aromatic carbocycles. The number of ether oxygens (including phenoxy) is 1. The molecule has 11 heteroatoms. The van der Waals surface area contributed by atoms with E-state index in [0.717, 1.165) is 12.0 Å². The molecule has 3 heterocycles. The van der Waals surface area contributed by atoms with E-state index in [-0.39, 0.29) is 35.5 Å². The van der Waals surface area contributed by atoms with Gasteiger partial charge in [-0.25, -0.2) is 0 Å². The Morgan fingerprint density at radius 2 is 2.05 bits per heavy atom. The van der Waals surface area contributed by atoms with Crippen LogP contribution in [0, 0.1) is 24.2 Å². The third-order valence-corrected chi connectivity index (χ3v) is 8.82. The van der Waals surface area contributed by atoms with Crippen LogP contribution in [0.15, 0.2) is 34.0 Å². The number of piperidine rings is 1. The van der Waals surface area contributed by atoms with E-state index in [9.17, 15) is 19.6 Å². The number of nitriles is 1. The average molecular weight is 599 g/mol. The smallest absolute Gasteiger partial charge is 0.310 e. The number of benzene rings is 1. The van der Waals surface area contributed by atoms with E-state index in [1.165, 1.54) is 16.7 Å². The number of anilines is 1. The molecule has 0 spiro atoms. The van der Waals surface area contributed by atoms with E-state index in [4.69, 9.17) is 28.6 Å². The minimum Gasteiger partial charge on any atom is -0.466 e. The maximum absolute atomic E-state index is 13.6. The van der Waals surface area contributed by atoms with Gasteiger partial charge in [-0.1, -0.05) is 60.7 Å². The molecule has 0 N–H and O–H groups in total. The van der Waals surface area contributed by atoms with Gasteiger partial charge in [-0.05, 0) is 56.4 Å². The van der Waals surface area contributed by atoms with Crippen LogP contribution in [-0.4, -0.2) is 45.4 Å². The second-order valence-corrected chi connectivity index (χ2v) is 11.8. The van der Waals surface area contributed by atoms with Gasteiger partial charge >= 0.3 is 5.97 Å². The highest BCUT2D eigenvalue weighted by Gasteiger charge is 2.35. The molecule has 210 valence electrons. The largest absolute Gasteiger partial charge is 0.466 e. The number of halogens is 1. The molecule has 0 aliphatic carbocycles. The SMILES string of the molecule is CCCn1c(N2CCCC(C(=O)OCC)C2)c(C=C2SC(=S)N(Cc3ccccc3Cl)C2=O)c(C)c(C#N)c1=O. The monoisotopic (exact) mass is 598 g/mol. The highest BCUT2D eigenvalue weighted by atomic mass is 35.5.